The van der Waals surface area contributed by atoms with Crippen LogP contribution in [-0.4, -0.2) is 16.3 Å². The lowest BCUT2D eigenvalue weighted by atomic mass is 10.0. The van der Waals surface area contributed by atoms with E-state index in [0.29, 0.717) is 22.4 Å². The molecule has 0 radical (unpaired) electrons. The van der Waals surface area contributed by atoms with Gasteiger partial charge >= 0.3 is 6.18 Å². The van der Waals surface area contributed by atoms with E-state index in [1.54, 1.807) is 30.3 Å². The molecular weight excluding hydrogens is 421 g/mol. The first-order valence-electron chi connectivity index (χ1n) is 8.62. The lowest BCUT2D eigenvalue weighted by Crippen LogP contribution is -2.28. The largest absolute Gasteiger partial charge is 0.417 e. The highest BCUT2D eigenvalue weighted by atomic mass is 35.5. The number of hydrogen-bond donors (Lipinski definition) is 1. The van der Waals surface area contributed by atoms with Gasteiger partial charge in [-0.25, -0.2) is 0 Å². The van der Waals surface area contributed by atoms with Gasteiger partial charge in [-0.2, -0.15) is 13.2 Å². The zero-order valence-electron chi connectivity index (χ0n) is 15.2. The highest BCUT2D eigenvalue weighted by Gasteiger charge is 2.31. The Morgan fingerprint density at radius 3 is 2.37 bits per heavy atom. The third-order valence-electron chi connectivity index (χ3n) is 4.16. The van der Waals surface area contributed by atoms with Crippen molar-refractivity contribution in [2.45, 2.75) is 12.7 Å². The fourth-order valence-electron chi connectivity index (χ4n) is 2.73. The number of ketones is 1. The van der Waals surface area contributed by atoms with Crippen molar-refractivity contribution in [1.82, 2.24) is 4.57 Å². The van der Waals surface area contributed by atoms with Crippen molar-refractivity contribution in [3.63, 3.8) is 0 Å². The van der Waals surface area contributed by atoms with Crippen LogP contribution in [0.4, 0.5) is 18.9 Å². The van der Waals surface area contributed by atoms with Crippen LogP contribution in [0.2, 0.25) is 5.02 Å². The fraction of sp³-hybridized carbons (Fsp3) is 0.0952. The number of carbonyl (C=O) groups excluding carboxylic acids is 2. The summed E-state index contributed by atoms with van der Waals surface area (Å²) < 4.78 is 39.2. The minimum Gasteiger partial charge on any atom is -0.324 e. The van der Waals surface area contributed by atoms with Crippen LogP contribution in [0, 0.1) is 0 Å². The summed E-state index contributed by atoms with van der Waals surface area (Å²) in [5.41, 5.74) is -1.22. The Morgan fingerprint density at radius 2 is 1.70 bits per heavy atom. The molecule has 9 heteroatoms. The van der Waals surface area contributed by atoms with Crippen LogP contribution in [0.1, 0.15) is 21.5 Å². The van der Waals surface area contributed by atoms with Crippen molar-refractivity contribution in [3.05, 3.63) is 98.9 Å². The van der Waals surface area contributed by atoms with Gasteiger partial charge in [0, 0.05) is 28.4 Å². The van der Waals surface area contributed by atoms with E-state index in [9.17, 15) is 27.6 Å². The van der Waals surface area contributed by atoms with Crippen molar-refractivity contribution in [3.8, 4) is 0 Å². The van der Waals surface area contributed by atoms with Gasteiger partial charge in [-0.3, -0.25) is 14.4 Å². The number of halogens is 4. The number of pyridine rings is 1. The molecule has 0 aliphatic rings. The average Bonchev–Trinajstić information content (AvgIpc) is 2.70. The van der Waals surface area contributed by atoms with Crippen LogP contribution in [0.25, 0.3) is 0 Å². The average molecular weight is 435 g/mol. The Balaban J connectivity index is 1.86. The number of hydrogen-bond acceptors (Lipinski definition) is 3. The number of rotatable bonds is 5. The zero-order chi connectivity index (χ0) is 21.9. The van der Waals surface area contributed by atoms with Gasteiger partial charge in [-0.1, -0.05) is 41.9 Å². The summed E-state index contributed by atoms with van der Waals surface area (Å²) in [7, 11) is 0. The molecule has 0 spiro atoms. The Morgan fingerprint density at radius 1 is 1.00 bits per heavy atom. The van der Waals surface area contributed by atoms with Gasteiger partial charge in [0.25, 0.3) is 5.56 Å². The Kier molecular flexibility index (Phi) is 6.07. The first-order valence-corrected chi connectivity index (χ1v) is 9.00. The maximum absolute atomic E-state index is 12.9. The van der Waals surface area contributed by atoms with Crippen molar-refractivity contribution in [1.29, 1.82) is 0 Å². The highest BCUT2D eigenvalue weighted by Crippen LogP contribution is 2.28. The van der Waals surface area contributed by atoms with Gasteiger partial charge in [-0.15, -0.1) is 0 Å². The standard InChI is InChI=1S/C21H14ClF3N2O3/c22-15-7-8-17(16(10-15)20(30)13-4-2-1-3-5-13)26-18(28)12-27-11-14(21(23,24)25)6-9-19(27)29/h1-11H,12H2,(H,26,28). The molecule has 3 rings (SSSR count). The molecule has 0 saturated heterocycles. The van der Waals surface area contributed by atoms with Crippen LogP contribution in [-0.2, 0) is 17.5 Å². The molecule has 0 bridgehead atoms. The Bertz CT molecular complexity index is 1160. The second kappa shape index (κ2) is 8.54. The van der Waals surface area contributed by atoms with E-state index in [4.69, 9.17) is 11.6 Å². The Hall–Kier alpha value is -3.39. The lowest BCUT2D eigenvalue weighted by molar-refractivity contribution is -0.138. The van der Waals surface area contributed by atoms with Crippen LogP contribution in [0.5, 0.6) is 0 Å². The molecule has 0 fully saturated rings. The molecule has 0 atom stereocenters. The monoisotopic (exact) mass is 434 g/mol. The second-order valence-corrected chi connectivity index (χ2v) is 6.75. The summed E-state index contributed by atoms with van der Waals surface area (Å²) in [6, 6.07) is 13.9. The molecule has 0 aliphatic heterocycles. The van der Waals surface area contributed by atoms with E-state index in [1.807, 2.05) is 0 Å². The summed E-state index contributed by atoms with van der Waals surface area (Å²) >= 11 is 5.98. The molecule has 1 N–H and O–H groups in total. The molecule has 0 unspecified atom stereocenters. The summed E-state index contributed by atoms with van der Waals surface area (Å²) in [6.45, 7) is -0.662. The molecule has 2 aromatic carbocycles. The van der Waals surface area contributed by atoms with Crippen LogP contribution in [0.3, 0.4) is 0 Å². The van der Waals surface area contributed by atoms with Gasteiger partial charge in [0.05, 0.1) is 11.3 Å². The molecule has 3 aromatic rings. The third kappa shape index (κ3) is 4.96. The fourth-order valence-corrected chi connectivity index (χ4v) is 2.90. The van der Waals surface area contributed by atoms with E-state index in [-0.39, 0.29) is 16.3 Å². The topological polar surface area (TPSA) is 68.2 Å². The van der Waals surface area contributed by atoms with Crippen molar-refractivity contribution >= 4 is 29.0 Å². The maximum atomic E-state index is 12.9. The number of carbonyl (C=O) groups is 2. The van der Waals surface area contributed by atoms with E-state index in [0.717, 1.165) is 6.07 Å². The normalized spacial score (nSPS) is 11.2. The number of benzene rings is 2. The van der Waals surface area contributed by atoms with Gasteiger partial charge in [0.15, 0.2) is 5.78 Å². The highest BCUT2D eigenvalue weighted by molar-refractivity contribution is 6.31. The number of nitrogens with zero attached hydrogens (tertiary/aromatic N) is 1. The van der Waals surface area contributed by atoms with Crippen LogP contribution in [0.15, 0.2) is 71.7 Å². The van der Waals surface area contributed by atoms with Crippen LogP contribution < -0.4 is 10.9 Å². The minimum absolute atomic E-state index is 0.110. The quantitative estimate of drug-likeness (QED) is 0.605. The molecule has 1 amide bonds. The Labute approximate surface area is 173 Å². The van der Waals surface area contributed by atoms with Crippen molar-refractivity contribution in [2.24, 2.45) is 0 Å². The second-order valence-electron chi connectivity index (χ2n) is 6.31. The molecule has 0 aliphatic carbocycles. The van der Waals surface area contributed by atoms with Crippen LogP contribution >= 0.6 is 11.6 Å². The minimum atomic E-state index is -4.66. The molecule has 5 nitrogen and oxygen atoms in total. The molecule has 154 valence electrons. The first kappa shape index (κ1) is 21.3. The van der Waals surface area contributed by atoms with Gasteiger partial charge in [0.2, 0.25) is 5.91 Å². The number of alkyl halides is 3. The van der Waals surface area contributed by atoms with E-state index < -0.39 is 35.5 Å². The maximum Gasteiger partial charge on any atom is 0.417 e. The van der Waals surface area contributed by atoms with E-state index >= 15 is 0 Å². The number of nitrogens with one attached hydrogen (secondary N) is 1. The molecule has 1 aromatic heterocycles. The summed E-state index contributed by atoms with van der Waals surface area (Å²) in [6.07, 6.45) is -4.09. The van der Waals surface area contributed by atoms with Crippen molar-refractivity contribution < 1.29 is 22.8 Å². The lowest BCUT2D eigenvalue weighted by Gasteiger charge is -2.13. The molecule has 0 saturated carbocycles. The third-order valence-corrected chi connectivity index (χ3v) is 4.40. The summed E-state index contributed by atoms with van der Waals surface area (Å²) in [4.78, 5) is 37.0. The SMILES string of the molecule is O=C(Cn1cc(C(F)(F)F)ccc1=O)Nc1ccc(Cl)cc1C(=O)c1ccccc1. The van der Waals surface area contributed by atoms with Gasteiger partial charge in [-0.05, 0) is 24.3 Å². The number of amides is 1. The van der Waals surface area contributed by atoms with Gasteiger partial charge in [0.1, 0.15) is 6.54 Å². The summed E-state index contributed by atoms with van der Waals surface area (Å²) in [5, 5.41) is 2.73. The molecular formula is C21H14ClF3N2O3. The van der Waals surface area contributed by atoms with Gasteiger partial charge < -0.3 is 9.88 Å². The smallest absolute Gasteiger partial charge is 0.324 e. The number of anilines is 1. The predicted octanol–water partition coefficient (Wildman–Crippen LogP) is 4.39. The first-order chi connectivity index (χ1) is 14.1. The van der Waals surface area contributed by atoms with Crippen molar-refractivity contribution in [2.75, 3.05) is 5.32 Å². The number of aromatic nitrogens is 1. The van der Waals surface area contributed by atoms with E-state index in [1.165, 1.54) is 18.2 Å². The molecule has 30 heavy (non-hydrogen) atoms. The van der Waals surface area contributed by atoms with E-state index in [2.05, 4.69) is 5.32 Å². The zero-order valence-corrected chi connectivity index (χ0v) is 16.0. The predicted molar refractivity (Wildman–Crippen MR) is 106 cm³/mol. The summed E-state index contributed by atoms with van der Waals surface area (Å²) in [5.74, 6) is -1.18. The molecule has 1 heterocycles.